The second-order valence-corrected chi connectivity index (χ2v) is 5.65. The molecule has 0 saturated carbocycles. The van der Waals surface area contributed by atoms with E-state index < -0.39 is 0 Å². The molecule has 5 nitrogen and oxygen atoms in total. The predicted octanol–water partition coefficient (Wildman–Crippen LogP) is 1.87. The lowest BCUT2D eigenvalue weighted by Gasteiger charge is -2.22. The average Bonchev–Trinajstić information content (AvgIpc) is 2.74. The molecular formula is C10H11N3O2S2. The third kappa shape index (κ3) is 1.94. The molecule has 0 aromatic carbocycles. The fraction of sp³-hybridized carbons (Fsp3) is 0.500. The Morgan fingerprint density at radius 1 is 1.53 bits per heavy atom. The zero-order valence-electron chi connectivity index (χ0n) is 9.01. The maximum absolute atomic E-state index is 11.7. The van der Waals surface area contributed by atoms with Crippen LogP contribution in [0, 0.1) is 3.95 Å². The number of nitrogens with one attached hydrogen (secondary N) is 1. The van der Waals surface area contributed by atoms with Crippen molar-refractivity contribution in [2.75, 3.05) is 13.2 Å². The Balaban J connectivity index is 2.17. The summed E-state index contributed by atoms with van der Waals surface area (Å²) in [5.74, 6) is 0. The number of H-pyrrole nitrogens is 1. The molecule has 0 unspecified atom stereocenters. The van der Waals surface area contributed by atoms with Crippen LogP contribution in [0.4, 0.5) is 0 Å². The van der Waals surface area contributed by atoms with Crippen molar-refractivity contribution in [1.29, 1.82) is 0 Å². The first-order valence-corrected chi connectivity index (χ1v) is 6.66. The third-order valence-corrected chi connectivity index (χ3v) is 4.00. The van der Waals surface area contributed by atoms with E-state index in [1.54, 1.807) is 6.20 Å². The average molecular weight is 269 g/mol. The van der Waals surface area contributed by atoms with Gasteiger partial charge >= 0.3 is 0 Å². The van der Waals surface area contributed by atoms with Gasteiger partial charge < -0.3 is 9.72 Å². The number of aromatic amines is 1. The van der Waals surface area contributed by atoms with Crippen molar-refractivity contribution in [3.63, 3.8) is 0 Å². The maximum Gasteiger partial charge on any atom is 0.247 e. The minimum atomic E-state index is -0.0259. The Hall–Kier alpha value is -1.05. The van der Waals surface area contributed by atoms with Gasteiger partial charge in [-0.2, -0.15) is 5.10 Å². The molecule has 3 heterocycles. The van der Waals surface area contributed by atoms with E-state index in [9.17, 15) is 4.79 Å². The molecule has 0 atom stereocenters. The number of rotatable bonds is 1. The Morgan fingerprint density at radius 3 is 3.06 bits per heavy atom. The minimum Gasteiger partial charge on any atom is -0.381 e. The molecule has 1 aliphatic rings. The highest BCUT2D eigenvalue weighted by atomic mass is 32.1. The molecule has 2 aromatic rings. The van der Waals surface area contributed by atoms with Gasteiger partial charge in [-0.1, -0.05) is 11.3 Å². The zero-order valence-corrected chi connectivity index (χ0v) is 10.6. The summed E-state index contributed by atoms with van der Waals surface area (Å²) in [6, 6.07) is 0.290. The highest BCUT2D eigenvalue weighted by Gasteiger charge is 2.19. The molecule has 1 aliphatic heterocycles. The summed E-state index contributed by atoms with van der Waals surface area (Å²) in [6.45, 7) is 1.49. The van der Waals surface area contributed by atoms with Gasteiger partial charge in [0.25, 0.3) is 0 Å². The van der Waals surface area contributed by atoms with E-state index in [1.807, 2.05) is 4.68 Å². The molecule has 17 heavy (non-hydrogen) atoms. The second-order valence-electron chi connectivity index (χ2n) is 4.00. The van der Waals surface area contributed by atoms with Gasteiger partial charge in [-0.15, -0.1) is 0 Å². The normalized spacial score (nSPS) is 17.6. The number of aromatic nitrogens is 3. The maximum atomic E-state index is 11.7. The first-order chi connectivity index (χ1) is 8.25. The largest absolute Gasteiger partial charge is 0.381 e. The molecule has 0 bridgehead atoms. The molecule has 0 radical (unpaired) electrons. The van der Waals surface area contributed by atoms with E-state index in [1.165, 1.54) is 0 Å². The highest BCUT2D eigenvalue weighted by Crippen LogP contribution is 2.23. The van der Waals surface area contributed by atoms with E-state index in [0.29, 0.717) is 15.4 Å². The number of nitrogens with zero attached hydrogens (tertiary/aromatic N) is 2. The Kier molecular flexibility index (Phi) is 2.81. The standard InChI is InChI=1S/C10H11N3O2S2/c14-9-7-5-11-13(6-1-3-15-4-2-6)8(7)12-10(16)17-9/h5-6H,1-4H2,(H,12,16). The van der Waals surface area contributed by atoms with Crippen LogP contribution in [0.15, 0.2) is 11.0 Å². The fourth-order valence-electron chi connectivity index (χ4n) is 2.10. The van der Waals surface area contributed by atoms with Crippen molar-refractivity contribution in [3.05, 3.63) is 19.7 Å². The van der Waals surface area contributed by atoms with E-state index in [-0.39, 0.29) is 4.74 Å². The molecule has 0 spiro atoms. The van der Waals surface area contributed by atoms with Gasteiger partial charge in [0.2, 0.25) is 4.74 Å². The summed E-state index contributed by atoms with van der Waals surface area (Å²) in [6.07, 6.45) is 3.46. The number of fused-ring (bicyclic) bond motifs is 1. The van der Waals surface area contributed by atoms with Crippen LogP contribution in [0.2, 0.25) is 0 Å². The molecular weight excluding hydrogens is 258 g/mol. The van der Waals surface area contributed by atoms with E-state index in [2.05, 4.69) is 10.1 Å². The molecule has 1 N–H and O–H groups in total. The van der Waals surface area contributed by atoms with Crippen molar-refractivity contribution in [2.24, 2.45) is 0 Å². The van der Waals surface area contributed by atoms with Gasteiger partial charge in [0.15, 0.2) is 3.95 Å². The zero-order chi connectivity index (χ0) is 11.8. The molecule has 90 valence electrons. The van der Waals surface area contributed by atoms with Crippen LogP contribution >= 0.6 is 23.6 Å². The highest BCUT2D eigenvalue weighted by molar-refractivity contribution is 7.73. The van der Waals surface area contributed by atoms with Crippen LogP contribution in [-0.2, 0) is 4.74 Å². The van der Waals surface area contributed by atoms with Crippen molar-refractivity contribution < 1.29 is 4.74 Å². The summed E-state index contributed by atoms with van der Waals surface area (Å²) in [5, 5.41) is 4.93. The molecule has 3 rings (SSSR count). The molecule has 0 aliphatic carbocycles. The Labute approximate surface area is 106 Å². The fourth-order valence-corrected chi connectivity index (χ4v) is 3.00. The molecule has 1 fully saturated rings. The molecule has 0 amide bonds. The van der Waals surface area contributed by atoms with E-state index in [0.717, 1.165) is 43.0 Å². The van der Waals surface area contributed by atoms with Crippen LogP contribution in [0.25, 0.3) is 11.0 Å². The van der Waals surface area contributed by atoms with Crippen LogP contribution in [0.3, 0.4) is 0 Å². The predicted molar refractivity (Wildman–Crippen MR) is 68.2 cm³/mol. The lowest BCUT2D eigenvalue weighted by atomic mass is 10.1. The first kappa shape index (κ1) is 11.1. The minimum absolute atomic E-state index is 0.0259. The smallest absolute Gasteiger partial charge is 0.247 e. The molecule has 1 saturated heterocycles. The first-order valence-electron chi connectivity index (χ1n) is 5.44. The van der Waals surface area contributed by atoms with Crippen LogP contribution in [0.5, 0.6) is 0 Å². The van der Waals surface area contributed by atoms with Gasteiger partial charge in [-0.05, 0) is 25.1 Å². The van der Waals surface area contributed by atoms with Crippen molar-refractivity contribution in [1.82, 2.24) is 14.8 Å². The van der Waals surface area contributed by atoms with Crippen LogP contribution in [-0.4, -0.2) is 28.0 Å². The lowest BCUT2D eigenvalue weighted by Crippen LogP contribution is -2.20. The second kappa shape index (κ2) is 4.32. The van der Waals surface area contributed by atoms with Crippen LogP contribution in [0.1, 0.15) is 18.9 Å². The SMILES string of the molecule is O=c1sc(=S)[nH]c2c1cnn2C1CCOCC1. The van der Waals surface area contributed by atoms with Crippen molar-refractivity contribution >= 4 is 34.6 Å². The number of ether oxygens (including phenoxy) is 1. The van der Waals surface area contributed by atoms with E-state index >= 15 is 0 Å². The number of hydrogen-bond acceptors (Lipinski definition) is 5. The summed E-state index contributed by atoms with van der Waals surface area (Å²) in [5.41, 5.74) is 0.741. The van der Waals surface area contributed by atoms with Gasteiger partial charge in [0.05, 0.1) is 17.6 Å². The third-order valence-electron chi connectivity index (χ3n) is 2.96. The summed E-state index contributed by atoms with van der Waals surface area (Å²) < 4.78 is 7.67. The summed E-state index contributed by atoms with van der Waals surface area (Å²) >= 11 is 6.10. The lowest BCUT2D eigenvalue weighted by molar-refractivity contribution is 0.0673. The molecule has 2 aromatic heterocycles. The number of hydrogen-bond donors (Lipinski definition) is 1. The van der Waals surface area contributed by atoms with Crippen molar-refractivity contribution in [3.8, 4) is 0 Å². The Morgan fingerprint density at radius 2 is 2.29 bits per heavy atom. The topological polar surface area (TPSA) is 59.9 Å². The summed E-state index contributed by atoms with van der Waals surface area (Å²) in [4.78, 5) is 14.8. The monoisotopic (exact) mass is 269 g/mol. The van der Waals surface area contributed by atoms with Gasteiger partial charge in [0.1, 0.15) is 5.65 Å². The Bertz CT molecular complexity index is 651. The molecule has 7 heteroatoms. The quantitative estimate of drug-likeness (QED) is 0.803. The van der Waals surface area contributed by atoms with Crippen molar-refractivity contribution in [2.45, 2.75) is 18.9 Å². The van der Waals surface area contributed by atoms with Gasteiger partial charge in [-0.25, -0.2) is 4.68 Å². The summed E-state index contributed by atoms with van der Waals surface area (Å²) in [7, 11) is 0. The van der Waals surface area contributed by atoms with Gasteiger partial charge in [-0.3, -0.25) is 4.79 Å². The van der Waals surface area contributed by atoms with E-state index in [4.69, 9.17) is 17.0 Å². The van der Waals surface area contributed by atoms with Gasteiger partial charge in [0, 0.05) is 13.2 Å². The van der Waals surface area contributed by atoms with Crippen LogP contribution < -0.4 is 4.74 Å².